The molecule has 0 saturated heterocycles. The molecular formula is C33H50O5. The highest BCUT2D eigenvalue weighted by Crippen LogP contribution is 2.77. The average Bonchev–Trinajstić information content (AvgIpc) is 3.22. The second-order valence-corrected chi connectivity index (χ2v) is 15.4. The summed E-state index contributed by atoms with van der Waals surface area (Å²) >= 11 is 0. The highest BCUT2D eigenvalue weighted by Gasteiger charge is 2.70. The van der Waals surface area contributed by atoms with Crippen molar-refractivity contribution in [2.45, 2.75) is 126 Å². The van der Waals surface area contributed by atoms with Crippen molar-refractivity contribution in [2.75, 3.05) is 0 Å². The van der Waals surface area contributed by atoms with Crippen molar-refractivity contribution in [1.29, 1.82) is 0 Å². The Hall–Kier alpha value is -1.65. The number of Topliss-reactive ketones (excluding diaryl/α,β-unsaturated/α-hetero) is 1. The van der Waals surface area contributed by atoms with Crippen molar-refractivity contribution in [1.82, 2.24) is 0 Å². The number of hydrogen-bond acceptors (Lipinski definition) is 4. The van der Waals surface area contributed by atoms with Gasteiger partial charge in [0.25, 0.3) is 0 Å². The molecule has 0 bridgehead atoms. The number of ketones is 1. The first kappa shape index (κ1) is 27.9. The number of carbonyl (C=O) groups excluding carboxylic acids is 2. The van der Waals surface area contributed by atoms with Crippen LogP contribution in [0.25, 0.3) is 0 Å². The van der Waals surface area contributed by atoms with Crippen LogP contribution in [0.15, 0.2) is 11.1 Å². The number of fused-ring (bicyclic) bond motifs is 7. The summed E-state index contributed by atoms with van der Waals surface area (Å²) in [6.45, 7) is 18.2. The SMILES string of the molecule is CC(=O)O[C@H]1CC[C@]2(C)[C@H]3CC[C@@H]4C5=C(C(C)C)CC[C@]5(C(=O)C(=O)O)CC[C@@]4(C)[C@]3(C)CC[C@H]2C1(C)C. The molecule has 0 aromatic heterocycles. The molecule has 0 spiro atoms. The molecule has 38 heavy (non-hydrogen) atoms. The number of allylic oxidation sites excluding steroid dienone is 2. The van der Waals surface area contributed by atoms with E-state index in [-0.39, 0.29) is 39.7 Å². The molecule has 5 heteroatoms. The topological polar surface area (TPSA) is 80.7 Å². The second kappa shape index (κ2) is 8.67. The van der Waals surface area contributed by atoms with Gasteiger partial charge in [-0.05, 0) is 104 Å². The number of ether oxygens (including phenoxy) is 1. The van der Waals surface area contributed by atoms with E-state index < -0.39 is 17.2 Å². The molecular weight excluding hydrogens is 476 g/mol. The van der Waals surface area contributed by atoms with Gasteiger partial charge in [-0.2, -0.15) is 0 Å². The van der Waals surface area contributed by atoms with E-state index >= 15 is 0 Å². The van der Waals surface area contributed by atoms with Crippen molar-refractivity contribution in [3.63, 3.8) is 0 Å². The third-order valence-corrected chi connectivity index (χ3v) is 13.5. The maximum atomic E-state index is 13.4. The van der Waals surface area contributed by atoms with Crippen LogP contribution in [0.5, 0.6) is 0 Å². The highest BCUT2D eigenvalue weighted by atomic mass is 16.5. The summed E-state index contributed by atoms with van der Waals surface area (Å²) < 4.78 is 5.88. The predicted molar refractivity (Wildman–Crippen MR) is 147 cm³/mol. The molecule has 0 heterocycles. The molecule has 0 amide bonds. The Kier molecular flexibility index (Phi) is 6.37. The normalized spacial score (nSPS) is 45.5. The first-order valence-electron chi connectivity index (χ1n) is 15.2. The van der Waals surface area contributed by atoms with E-state index in [0.717, 1.165) is 51.4 Å². The number of carboxylic acids is 1. The number of rotatable bonds is 4. The zero-order chi connectivity index (χ0) is 28.1. The van der Waals surface area contributed by atoms with Crippen LogP contribution in [0.2, 0.25) is 0 Å². The van der Waals surface area contributed by atoms with Crippen LogP contribution in [-0.2, 0) is 19.1 Å². The van der Waals surface area contributed by atoms with Gasteiger partial charge in [-0.1, -0.05) is 59.6 Å². The number of esters is 1. The van der Waals surface area contributed by atoms with Crippen LogP contribution in [0.4, 0.5) is 0 Å². The molecule has 5 rings (SSSR count). The smallest absolute Gasteiger partial charge is 0.373 e. The van der Waals surface area contributed by atoms with Crippen LogP contribution >= 0.6 is 0 Å². The molecule has 5 nitrogen and oxygen atoms in total. The number of hydrogen-bond donors (Lipinski definition) is 1. The van der Waals surface area contributed by atoms with Gasteiger partial charge in [-0.25, -0.2) is 4.79 Å². The van der Waals surface area contributed by atoms with Crippen molar-refractivity contribution in [2.24, 2.45) is 50.7 Å². The molecule has 0 unspecified atom stereocenters. The quantitative estimate of drug-likeness (QED) is 0.235. The molecule has 0 aliphatic heterocycles. The van der Waals surface area contributed by atoms with Gasteiger partial charge >= 0.3 is 11.9 Å². The molecule has 4 fully saturated rings. The summed E-state index contributed by atoms with van der Waals surface area (Å²) in [6.07, 6.45) is 9.59. The molecule has 8 atom stereocenters. The molecule has 4 saturated carbocycles. The van der Waals surface area contributed by atoms with Crippen LogP contribution in [-0.4, -0.2) is 28.9 Å². The minimum absolute atomic E-state index is 0.0241. The molecule has 0 aromatic carbocycles. The van der Waals surface area contributed by atoms with Crippen molar-refractivity contribution >= 4 is 17.7 Å². The fraction of sp³-hybridized carbons (Fsp3) is 0.848. The number of carboxylic acid groups (broad SMARTS) is 1. The molecule has 0 aromatic rings. The third-order valence-electron chi connectivity index (χ3n) is 13.5. The van der Waals surface area contributed by atoms with Crippen molar-refractivity contribution in [3.05, 3.63) is 11.1 Å². The fourth-order valence-corrected chi connectivity index (χ4v) is 11.6. The van der Waals surface area contributed by atoms with Gasteiger partial charge in [-0.3, -0.25) is 9.59 Å². The zero-order valence-electron chi connectivity index (χ0n) is 25.0. The third kappa shape index (κ3) is 3.44. The lowest BCUT2D eigenvalue weighted by molar-refractivity contribution is -0.232. The summed E-state index contributed by atoms with van der Waals surface area (Å²) in [6, 6.07) is 0. The number of carbonyl (C=O) groups is 3. The Labute approximate surface area is 229 Å². The molecule has 0 radical (unpaired) electrons. The Bertz CT molecular complexity index is 1080. The van der Waals surface area contributed by atoms with E-state index in [1.807, 2.05) is 0 Å². The average molecular weight is 527 g/mol. The lowest BCUT2D eigenvalue weighted by Crippen LogP contribution is -2.66. The summed E-state index contributed by atoms with van der Waals surface area (Å²) in [4.78, 5) is 37.4. The lowest BCUT2D eigenvalue weighted by Gasteiger charge is -2.72. The van der Waals surface area contributed by atoms with E-state index in [0.29, 0.717) is 30.6 Å². The second-order valence-electron chi connectivity index (χ2n) is 15.4. The Morgan fingerprint density at radius 2 is 1.53 bits per heavy atom. The van der Waals surface area contributed by atoms with Crippen LogP contribution in [0.1, 0.15) is 120 Å². The maximum Gasteiger partial charge on any atom is 0.373 e. The molecule has 5 aliphatic rings. The van der Waals surface area contributed by atoms with Gasteiger partial charge in [0.1, 0.15) is 6.10 Å². The largest absolute Gasteiger partial charge is 0.475 e. The summed E-state index contributed by atoms with van der Waals surface area (Å²) in [5.74, 6) is -0.292. The van der Waals surface area contributed by atoms with Gasteiger partial charge in [0, 0.05) is 12.3 Å². The zero-order valence-corrected chi connectivity index (χ0v) is 25.0. The summed E-state index contributed by atoms with van der Waals surface area (Å²) in [7, 11) is 0. The monoisotopic (exact) mass is 526 g/mol. The van der Waals surface area contributed by atoms with E-state index in [1.54, 1.807) is 0 Å². The summed E-state index contributed by atoms with van der Waals surface area (Å²) in [5, 5.41) is 9.88. The van der Waals surface area contributed by atoms with Gasteiger partial charge in [0.05, 0.1) is 5.41 Å². The first-order valence-corrected chi connectivity index (χ1v) is 15.2. The van der Waals surface area contributed by atoms with E-state index in [1.165, 1.54) is 18.1 Å². The minimum atomic E-state index is -1.25. The van der Waals surface area contributed by atoms with Crippen LogP contribution in [0.3, 0.4) is 0 Å². The Balaban J connectivity index is 1.56. The van der Waals surface area contributed by atoms with Crippen molar-refractivity contribution < 1.29 is 24.2 Å². The first-order chi connectivity index (χ1) is 17.6. The van der Waals surface area contributed by atoms with E-state index in [2.05, 4.69) is 48.5 Å². The highest BCUT2D eigenvalue weighted by molar-refractivity contribution is 6.35. The Morgan fingerprint density at radius 3 is 2.13 bits per heavy atom. The van der Waals surface area contributed by atoms with E-state index in [9.17, 15) is 19.5 Å². The molecule has 1 N–H and O–H groups in total. The molecule has 5 aliphatic carbocycles. The summed E-state index contributed by atoms with van der Waals surface area (Å²) in [5.41, 5.74) is 2.12. The Morgan fingerprint density at radius 1 is 0.842 bits per heavy atom. The lowest BCUT2D eigenvalue weighted by atomic mass is 9.33. The minimum Gasteiger partial charge on any atom is -0.475 e. The van der Waals surface area contributed by atoms with Crippen LogP contribution in [0, 0.1) is 50.7 Å². The van der Waals surface area contributed by atoms with Crippen molar-refractivity contribution in [3.8, 4) is 0 Å². The molecule has 212 valence electrons. The van der Waals surface area contributed by atoms with Gasteiger partial charge in [0.2, 0.25) is 5.78 Å². The predicted octanol–water partition coefficient (Wildman–Crippen LogP) is 7.37. The van der Waals surface area contributed by atoms with Gasteiger partial charge < -0.3 is 9.84 Å². The van der Waals surface area contributed by atoms with Gasteiger partial charge in [-0.15, -0.1) is 0 Å². The number of aliphatic carboxylic acids is 1. The van der Waals surface area contributed by atoms with Crippen LogP contribution < -0.4 is 0 Å². The standard InChI is InChI=1S/C33H50O5/c1-19(2)21-11-16-33(27(35)28(36)37)18-17-31(7)22(26(21)33)9-10-24-30(6)14-13-25(38-20(3)34)29(4,5)23(30)12-15-32(24,31)8/h19,22-25H,9-18H2,1-8H3,(H,36,37)/t22-,23+,24-,25+,30+,31-,32-,33+/m1/s1. The van der Waals surface area contributed by atoms with E-state index in [4.69, 9.17) is 4.74 Å². The van der Waals surface area contributed by atoms with Gasteiger partial charge in [0.15, 0.2) is 0 Å². The maximum absolute atomic E-state index is 13.4. The fourth-order valence-electron chi connectivity index (χ4n) is 11.6.